The number of rotatable bonds is 13. The van der Waals surface area contributed by atoms with Crippen molar-refractivity contribution in [1.29, 1.82) is 0 Å². The van der Waals surface area contributed by atoms with E-state index in [0.717, 1.165) is 11.4 Å². The van der Waals surface area contributed by atoms with Crippen molar-refractivity contribution in [3.8, 4) is 39.1 Å². The van der Waals surface area contributed by atoms with Gasteiger partial charge in [-0.3, -0.25) is 0 Å². The Morgan fingerprint density at radius 3 is 1.19 bits per heavy atom. The average molecular weight is 1380 g/mol. The van der Waals surface area contributed by atoms with Gasteiger partial charge in [0.15, 0.2) is 16.1 Å². The predicted molar refractivity (Wildman–Crippen MR) is 452 cm³/mol. The molecule has 0 saturated carbocycles. The third-order valence-electron chi connectivity index (χ3n) is 22.2. The van der Waals surface area contributed by atoms with E-state index >= 15 is 0 Å². The van der Waals surface area contributed by atoms with E-state index < -0.39 is 16.1 Å². The highest BCUT2D eigenvalue weighted by atomic mass is 32.2. The summed E-state index contributed by atoms with van der Waals surface area (Å²) in [6.45, 7) is 14.0. The summed E-state index contributed by atoms with van der Waals surface area (Å²) in [7, 11) is -7.20. The Labute approximate surface area is 618 Å². The molecule has 0 bridgehead atoms. The lowest BCUT2D eigenvalue weighted by Crippen LogP contribution is -2.85. The van der Waals surface area contributed by atoms with Gasteiger partial charge in [0.05, 0.1) is 16.7 Å². The molecule has 0 fully saturated rings. The van der Waals surface area contributed by atoms with Gasteiger partial charge in [0.2, 0.25) is 6.71 Å². The summed E-state index contributed by atoms with van der Waals surface area (Å²) in [6.07, 6.45) is 0. The van der Waals surface area contributed by atoms with Gasteiger partial charge in [-0.05, 0) is 157 Å². The van der Waals surface area contributed by atoms with E-state index in [1.807, 2.05) is 11.8 Å². The second-order valence-corrected chi connectivity index (χ2v) is 38.9. The zero-order valence-corrected chi connectivity index (χ0v) is 62.4. The molecule has 18 rings (SSSR count). The first-order valence-corrected chi connectivity index (χ1v) is 41.4. The molecule has 1 aromatic heterocycles. The van der Waals surface area contributed by atoms with Crippen LogP contribution in [0.4, 0.5) is 17.1 Å². The van der Waals surface area contributed by atoms with Gasteiger partial charge in [-0.1, -0.05) is 374 Å². The smallest absolute Gasteiger partial charge is 0.249 e. The molecule has 498 valence electrons. The van der Waals surface area contributed by atoms with Gasteiger partial charge < -0.3 is 9.47 Å². The first-order valence-electron chi connectivity index (χ1n) is 36.6. The second-order valence-electron chi connectivity index (χ2n) is 30.3. The third kappa shape index (κ3) is 10.8. The Hall–Kier alpha value is -11.3. The minimum Gasteiger partial charge on any atom is -0.311 e. The van der Waals surface area contributed by atoms with E-state index in [1.54, 1.807) is 0 Å². The molecule has 0 saturated heterocycles. The van der Waals surface area contributed by atoms with Crippen LogP contribution in [0.15, 0.2) is 380 Å². The third-order valence-corrected chi connectivity index (χ3v) is 33.2. The molecule has 0 amide bonds. The monoisotopic (exact) mass is 1380 g/mol. The lowest BCUT2D eigenvalue weighted by atomic mass is 9.34. The number of para-hydroxylation sites is 2. The second kappa shape index (κ2) is 25.9. The Morgan fingerprint density at radius 1 is 0.288 bits per heavy atom. The maximum Gasteiger partial charge on any atom is 0.249 e. The fourth-order valence-electron chi connectivity index (χ4n) is 17.3. The Balaban J connectivity index is 1.03. The van der Waals surface area contributed by atoms with Crippen molar-refractivity contribution in [2.24, 2.45) is 0 Å². The first-order chi connectivity index (χ1) is 50.8. The zero-order chi connectivity index (χ0) is 70.3. The fourth-order valence-corrected chi connectivity index (χ4v) is 29.5. The van der Waals surface area contributed by atoms with Crippen LogP contribution in [0, 0.1) is 0 Å². The Morgan fingerprint density at radius 2 is 0.712 bits per heavy atom. The standard InChI is InChI=1S/C98H79BN2SSi2/c1-97(2,3)73-56-59-89(84(62-73)70-38-18-9-19-39-70)101-90-65-75(100-87-54-30-28-52-82(87)83-53-29-31-55-88(83)100)57-58-85(90)99-86-66-94(103(76-42-20-10-21-43-76,77-44-22-11-23-45-77)80-50-32-40-71(60-80)68-34-14-7-15-35-68)95(67-92(86)102-93-64-74(98(4,5)6)63-91(101)96(93)99)104(78-46-24-12-25-47-78,79-48-26-13-27-49-79)81-51-33-41-72(61-81)69-36-16-8-17-37-69/h7-67H,1-6H3. The molecular formula is C98H79BN2SSi2. The molecule has 2 aliphatic rings. The number of hydrogen-bond donors (Lipinski definition) is 0. The SMILES string of the molecule is CC(C)(C)c1ccc(N2c3cc(-n4c5ccccc5c5ccccc54)ccc3B3c4cc([Si](c5ccccc5)(c5ccccc5)c5cccc(-c6ccccc6)c5)c([Si](c5ccccc5)(c5ccccc5)c5cccc(-c6ccccc6)c5)cc4Sc4cc(C(C)(C)C)cc2c43)c(-c2ccccc2)c1. The lowest BCUT2D eigenvalue weighted by Gasteiger charge is -2.45. The molecule has 2 nitrogen and oxygen atoms in total. The number of hydrogen-bond acceptors (Lipinski definition) is 2. The van der Waals surface area contributed by atoms with E-state index in [4.69, 9.17) is 0 Å². The summed E-state index contributed by atoms with van der Waals surface area (Å²) in [5, 5.41) is 13.3. The molecule has 0 N–H and O–H groups in total. The normalized spacial score (nSPS) is 12.8. The van der Waals surface area contributed by atoms with Gasteiger partial charge in [-0.25, -0.2) is 0 Å². The molecule has 0 aliphatic carbocycles. The quantitative estimate of drug-likeness (QED) is 0.0840. The summed E-state index contributed by atoms with van der Waals surface area (Å²) in [4.78, 5) is 5.27. The van der Waals surface area contributed by atoms with Crippen molar-refractivity contribution in [2.45, 2.75) is 62.2 Å². The van der Waals surface area contributed by atoms with Crippen LogP contribution in [0.1, 0.15) is 52.7 Å². The summed E-state index contributed by atoms with van der Waals surface area (Å²) in [6, 6.07) is 143. The van der Waals surface area contributed by atoms with Crippen molar-refractivity contribution >= 4 is 131 Å². The molecule has 16 aromatic rings. The highest BCUT2D eigenvalue weighted by Crippen LogP contribution is 2.48. The first kappa shape index (κ1) is 64.8. The maximum absolute atomic E-state index is 3.63. The van der Waals surface area contributed by atoms with Gasteiger partial charge in [-0.15, -0.1) is 0 Å². The number of fused-ring (bicyclic) bond motifs is 7. The highest BCUT2D eigenvalue weighted by molar-refractivity contribution is 8.00. The Bertz CT molecular complexity index is 5780. The Kier molecular flexibility index (Phi) is 16.2. The minimum absolute atomic E-state index is 0.105. The van der Waals surface area contributed by atoms with Crippen molar-refractivity contribution in [3.05, 3.63) is 381 Å². The highest BCUT2D eigenvalue weighted by Gasteiger charge is 2.53. The van der Waals surface area contributed by atoms with Gasteiger partial charge in [0.25, 0.3) is 0 Å². The van der Waals surface area contributed by atoms with Crippen LogP contribution in [0.3, 0.4) is 0 Å². The molecule has 0 spiro atoms. The van der Waals surface area contributed by atoms with Crippen LogP contribution in [0.2, 0.25) is 0 Å². The van der Waals surface area contributed by atoms with Gasteiger partial charge in [-0.2, -0.15) is 0 Å². The zero-order valence-electron chi connectivity index (χ0n) is 59.6. The van der Waals surface area contributed by atoms with E-state index in [2.05, 4.69) is 421 Å². The summed E-state index contributed by atoms with van der Waals surface area (Å²) in [5.74, 6) is 0. The van der Waals surface area contributed by atoms with Crippen LogP contribution in [-0.2, 0) is 10.8 Å². The van der Waals surface area contributed by atoms with Gasteiger partial charge >= 0.3 is 0 Å². The molecular weight excluding hydrogens is 1300 g/mol. The molecule has 6 heteroatoms. The van der Waals surface area contributed by atoms with Crippen LogP contribution in [0.25, 0.3) is 60.9 Å². The van der Waals surface area contributed by atoms with E-state index in [-0.39, 0.29) is 17.5 Å². The van der Waals surface area contributed by atoms with Crippen molar-refractivity contribution in [3.63, 3.8) is 0 Å². The van der Waals surface area contributed by atoms with Crippen molar-refractivity contribution < 1.29 is 0 Å². The number of anilines is 3. The van der Waals surface area contributed by atoms with Crippen molar-refractivity contribution in [1.82, 2.24) is 4.57 Å². The number of benzene rings is 15. The predicted octanol–water partition coefficient (Wildman–Crippen LogP) is 17.9. The van der Waals surface area contributed by atoms with E-state index in [0.29, 0.717) is 0 Å². The van der Waals surface area contributed by atoms with E-state index in [9.17, 15) is 0 Å². The minimum atomic E-state index is -3.63. The van der Waals surface area contributed by atoms with E-state index in [1.165, 1.54) is 145 Å². The van der Waals surface area contributed by atoms with Crippen molar-refractivity contribution in [2.75, 3.05) is 4.90 Å². The number of nitrogens with zero attached hydrogens (tertiary/aromatic N) is 2. The largest absolute Gasteiger partial charge is 0.311 e. The molecule has 2 aliphatic heterocycles. The maximum atomic E-state index is 2.83. The molecule has 0 atom stereocenters. The summed E-state index contributed by atoms with van der Waals surface area (Å²) in [5.41, 5.74) is 20.4. The molecule has 3 heterocycles. The molecule has 15 aromatic carbocycles. The van der Waals surface area contributed by atoms with Crippen LogP contribution < -0.4 is 62.8 Å². The summed E-state index contributed by atoms with van der Waals surface area (Å²) >= 11 is 1.99. The van der Waals surface area contributed by atoms with Gasteiger partial charge in [0, 0.05) is 43.2 Å². The van der Waals surface area contributed by atoms with Crippen LogP contribution in [-0.4, -0.2) is 27.4 Å². The molecule has 104 heavy (non-hydrogen) atoms. The summed E-state index contributed by atoms with van der Waals surface area (Å²) < 4.78 is 2.51. The fraction of sp³-hybridized carbons (Fsp3) is 0.0816. The molecule has 0 unspecified atom stereocenters. The van der Waals surface area contributed by atoms with Gasteiger partial charge in [0.1, 0.15) is 0 Å². The molecule has 0 radical (unpaired) electrons. The lowest BCUT2D eigenvalue weighted by molar-refractivity contribution is 0.589. The topological polar surface area (TPSA) is 8.17 Å². The number of aromatic nitrogens is 1. The van der Waals surface area contributed by atoms with Crippen LogP contribution in [0.5, 0.6) is 0 Å². The average Bonchev–Trinajstić information content (AvgIpc) is 0.770. The van der Waals surface area contributed by atoms with Crippen LogP contribution >= 0.6 is 11.8 Å².